The number of nitrogens with two attached hydrogens (primary N) is 1. The van der Waals surface area contributed by atoms with E-state index in [1.54, 1.807) is 12.4 Å². The number of pyridine rings is 1. The minimum absolute atomic E-state index is 0.0236. The average molecular weight is 288 g/mol. The minimum atomic E-state index is -0.597. The maximum Gasteiger partial charge on any atom is 0.329 e. The van der Waals surface area contributed by atoms with Crippen LogP contribution in [0.5, 0.6) is 0 Å². The molecule has 0 aliphatic heterocycles. The average Bonchev–Trinajstić information content (AvgIpc) is 2.48. The third kappa shape index (κ3) is 3.04. The van der Waals surface area contributed by atoms with Gasteiger partial charge in [-0.15, -0.1) is 0 Å². The summed E-state index contributed by atoms with van der Waals surface area (Å²) in [4.78, 5) is 24.2. The van der Waals surface area contributed by atoms with Gasteiger partial charge in [0.1, 0.15) is 6.20 Å². The predicted molar refractivity (Wildman–Crippen MR) is 78.8 cm³/mol. The lowest BCUT2D eigenvalue weighted by atomic mass is 10.1. The summed E-state index contributed by atoms with van der Waals surface area (Å²) in [5.74, 6) is 0.221. The predicted octanol–water partition coefficient (Wildman–Crippen LogP) is 1.95. The first-order valence-electron chi connectivity index (χ1n) is 6.48. The smallest absolute Gasteiger partial charge is 0.329 e. The fourth-order valence-electron chi connectivity index (χ4n) is 2.05. The molecule has 110 valence electrons. The van der Waals surface area contributed by atoms with Crippen molar-refractivity contribution in [3.8, 4) is 0 Å². The van der Waals surface area contributed by atoms with E-state index in [0.717, 1.165) is 11.8 Å². The van der Waals surface area contributed by atoms with E-state index in [2.05, 4.69) is 15.0 Å². The second-order valence-corrected chi connectivity index (χ2v) is 4.45. The summed E-state index contributed by atoms with van der Waals surface area (Å²) in [5, 5.41) is 10.8. The molecular weight excluding hydrogens is 272 g/mol. The van der Waals surface area contributed by atoms with Crippen molar-refractivity contribution in [3.05, 3.63) is 46.4 Å². The number of rotatable bonds is 5. The number of nitro groups is 1. The van der Waals surface area contributed by atoms with Crippen molar-refractivity contribution in [1.29, 1.82) is 0 Å². The third-order valence-electron chi connectivity index (χ3n) is 3.21. The first-order chi connectivity index (χ1) is 10.0. The molecule has 0 spiro atoms. The summed E-state index contributed by atoms with van der Waals surface area (Å²) in [7, 11) is 0. The van der Waals surface area contributed by atoms with Crippen LogP contribution in [-0.4, -0.2) is 26.4 Å². The van der Waals surface area contributed by atoms with Gasteiger partial charge in [-0.3, -0.25) is 15.1 Å². The third-order valence-corrected chi connectivity index (χ3v) is 3.21. The molecule has 0 saturated heterocycles. The zero-order valence-corrected chi connectivity index (χ0v) is 11.8. The molecule has 2 N–H and O–H groups in total. The van der Waals surface area contributed by atoms with Crippen LogP contribution in [0.1, 0.15) is 25.5 Å². The molecule has 21 heavy (non-hydrogen) atoms. The van der Waals surface area contributed by atoms with E-state index < -0.39 is 4.92 Å². The second-order valence-electron chi connectivity index (χ2n) is 4.45. The Kier molecular flexibility index (Phi) is 4.27. The number of aromatic nitrogens is 3. The topological polar surface area (TPSA) is 111 Å². The Balaban J connectivity index is 2.33. The first-order valence-corrected chi connectivity index (χ1v) is 6.48. The Morgan fingerprint density at radius 3 is 2.76 bits per heavy atom. The van der Waals surface area contributed by atoms with Gasteiger partial charge >= 0.3 is 5.69 Å². The van der Waals surface area contributed by atoms with E-state index in [9.17, 15) is 10.1 Å². The summed E-state index contributed by atoms with van der Waals surface area (Å²) in [6, 6.07) is 3.78. The number of anilines is 2. The molecule has 2 heterocycles. The van der Waals surface area contributed by atoms with Crippen molar-refractivity contribution in [2.24, 2.45) is 0 Å². The Morgan fingerprint density at radius 1 is 1.48 bits per heavy atom. The Morgan fingerprint density at radius 2 is 2.24 bits per heavy atom. The molecule has 1 atom stereocenters. The number of nitrogen functional groups attached to an aromatic ring is 1. The SMILES string of the molecule is CCN(c1ncc([N+](=O)[O-])c(N)n1)C(C)c1cccnc1. The molecule has 8 nitrogen and oxygen atoms in total. The molecule has 0 aliphatic rings. The van der Waals surface area contributed by atoms with E-state index >= 15 is 0 Å². The molecule has 0 aliphatic carbocycles. The van der Waals surface area contributed by atoms with Crippen molar-refractivity contribution < 1.29 is 4.92 Å². The lowest BCUT2D eigenvalue weighted by molar-refractivity contribution is -0.384. The molecule has 0 radical (unpaired) electrons. The van der Waals surface area contributed by atoms with Crippen LogP contribution in [0.4, 0.5) is 17.5 Å². The quantitative estimate of drug-likeness (QED) is 0.661. The summed E-state index contributed by atoms with van der Waals surface area (Å²) >= 11 is 0. The van der Waals surface area contributed by atoms with Crippen molar-refractivity contribution in [3.63, 3.8) is 0 Å². The molecule has 0 amide bonds. The zero-order valence-electron chi connectivity index (χ0n) is 11.8. The van der Waals surface area contributed by atoms with Crippen LogP contribution in [0.25, 0.3) is 0 Å². The highest BCUT2D eigenvalue weighted by molar-refractivity contribution is 5.54. The van der Waals surface area contributed by atoms with E-state index in [4.69, 9.17) is 5.73 Å². The largest absolute Gasteiger partial charge is 0.378 e. The molecular formula is C13H16N6O2. The van der Waals surface area contributed by atoms with Crippen LogP contribution in [0.3, 0.4) is 0 Å². The molecule has 2 rings (SSSR count). The van der Waals surface area contributed by atoms with Gasteiger partial charge in [-0.1, -0.05) is 6.07 Å². The number of hydrogen-bond donors (Lipinski definition) is 1. The van der Waals surface area contributed by atoms with Crippen LogP contribution < -0.4 is 10.6 Å². The fourth-order valence-corrected chi connectivity index (χ4v) is 2.05. The Bertz CT molecular complexity index is 634. The Hall–Kier alpha value is -2.77. The molecule has 0 saturated carbocycles. The van der Waals surface area contributed by atoms with E-state index in [0.29, 0.717) is 12.5 Å². The standard InChI is InChI=1S/C13H16N6O2/c1-3-18(9(2)10-5-4-6-15-7-10)13-16-8-11(19(20)21)12(14)17-13/h4-9H,3H2,1-2H3,(H2,14,16,17). The van der Waals surface area contributed by atoms with Gasteiger partial charge < -0.3 is 10.6 Å². The normalized spacial score (nSPS) is 11.9. The van der Waals surface area contributed by atoms with Gasteiger partial charge in [0.25, 0.3) is 0 Å². The number of nitrogens with zero attached hydrogens (tertiary/aromatic N) is 5. The van der Waals surface area contributed by atoms with Gasteiger partial charge in [-0.05, 0) is 25.5 Å². The highest BCUT2D eigenvalue weighted by Gasteiger charge is 2.21. The van der Waals surface area contributed by atoms with Gasteiger partial charge in [0, 0.05) is 18.9 Å². The molecule has 0 aromatic carbocycles. The van der Waals surface area contributed by atoms with E-state index in [1.807, 2.05) is 30.9 Å². The van der Waals surface area contributed by atoms with E-state index in [-0.39, 0.29) is 17.5 Å². The number of hydrogen-bond acceptors (Lipinski definition) is 7. The van der Waals surface area contributed by atoms with Crippen LogP contribution >= 0.6 is 0 Å². The molecule has 1 unspecified atom stereocenters. The maximum atomic E-state index is 10.8. The van der Waals surface area contributed by atoms with Crippen molar-refractivity contribution in [1.82, 2.24) is 15.0 Å². The van der Waals surface area contributed by atoms with Gasteiger partial charge in [0.15, 0.2) is 0 Å². The first kappa shape index (κ1) is 14.6. The molecule has 0 bridgehead atoms. The second kappa shape index (κ2) is 6.12. The summed E-state index contributed by atoms with van der Waals surface area (Å²) < 4.78 is 0. The molecule has 8 heteroatoms. The lowest BCUT2D eigenvalue weighted by Crippen LogP contribution is -2.28. The lowest BCUT2D eigenvalue weighted by Gasteiger charge is -2.28. The molecule has 0 fully saturated rings. The zero-order chi connectivity index (χ0) is 15.4. The summed E-state index contributed by atoms with van der Waals surface area (Å²) in [6.45, 7) is 4.57. The highest BCUT2D eigenvalue weighted by Crippen LogP contribution is 2.26. The van der Waals surface area contributed by atoms with Crippen LogP contribution in [-0.2, 0) is 0 Å². The fraction of sp³-hybridized carbons (Fsp3) is 0.308. The monoisotopic (exact) mass is 288 g/mol. The van der Waals surface area contributed by atoms with E-state index in [1.165, 1.54) is 0 Å². The maximum absolute atomic E-state index is 10.8. The van der Waals surface area contributed by atoms with Crippen molar-refractivity contribution in [2.45, 2.75) is 19.9 Å². The van der Waals surface area contributed by atoms with Gasteiger partial charge in [0.05, 0.1) is 11.0 Å². The Labute approximate surface area is 121 Å². The van der Waals surface area contributed by atoms with Gasteiger partial charge in [-0.2, -0.15) is 4.98 Å². The van der Waals surface area contributed by atoms with Crippen LogP contribution in [0.15, 0.2) is 30.7 Å². The molecule has 2 aromatic rings. The molecule has 2 aromatic heterocycles. The van der Waals surface area contributed by atoms with Crippen LogP contribution in [0.2, 0.25) is 0 Å². The van der Waals surface area contributed by atoms with Crippen molar-refractivity contribution >= 4 is 17.5 Å². The van der Waals surface area contributed by atoms with Gasteiger partial charge in [-0.25, -0.2) is 4.98 Å². The van der Waals surface area contributed by atoms with Crippen LogP contribution in [0, 0.1) is 10.1 Å². The minimum Gasteiger partial charge on any atom is -0.378 e. The highest BCUT2D eigenvalue weighted by atomic mass is 16.6. The summed E-state index contributed by atoms with van der Waals surface area (Å²) in [5.41, 5.74) is 6.33. The van der Waals surface area contributed by atoms with Gasteiger partial charge in [0.2, 0.25) is 11.8 Å². The van der Waals surface area contributed by atoms with Crippen molar-refractivity contribution in [2.75, 3.05) is 17.2 Å². The summed E-state index contributed by atoms with van der Waals surface area (Å²) in [6.07, 6.45) is 4.60.